The lowest BCUT2D eigenvalue weighted by Crippen LogP contribution is -2.33. The Labute approximate surface area is 139 Å². The molecule has 0 radical (unpaired) electrons. The predicted octanol–water partition coefficient (Wildman–Crippen LogP) is 5.52. The summed E-state index contributed by atoms with van der Waals surface area (Å²) in [5, 5.41) is 0. The Bertz CT molecular complexity index is 521. The van der Waals surface area contributed by atoms with Gasteiger partial charge in [-0.15, -0.1) is 0 Å². The monoisotopic (exact) mass is 320 g/mol. The highest BCUT2D eigenvalue weighted by Gasteiger charge is 2.31. The molecule has 1 aromatic carbocycles. The SMILES string of the molecule is CCCC1CCC(C2CCc3cc(OCC)c(F)cc3O2)CC1. The zero-order chi connectivity index (χ0) is 16.2. The quantitative estimate of drug-likeness (QED) is 0.710. The van der Waals surface area contributed by atoms with Crippen molar-refractivity contribution >= 4 is 0 Å². The van der Waals surface area contributed by atoms with E-state index in [1.54, 1.807) is 0 Å². The number of ether oxygens (including phenoxy) is 2. The topological polar surface area (TPSA) is 18.5 Å². The molecule has 3 heteroatoms. The van der Waals surface area contributed by atoms with Crippen LogP contribution >= 0.6 is 0 Å². The number of halogens is 1. The molecule has 0 aromatic heterocycles. The van der Waals surface area contributed by atoms with Crippen LogP contribution in [-0.2, 0) is 6.42 Å². The van der Waals surface area contributed by atoms with Gasteiger partial charge in [-0.2, -0.15) is 0 Å². The summed E-state index contributed by atoms with van der Waals surface area (Å²) in [6.07, 6.45) is 10.2. The van der Waals surface area contributed by atoms with Gasteiger partial charge in [0.2, 0.25) is 0 Å². The lowest BCUT2D eigenvalue weighted by atomic mass is 9.76. The molecule has 2 nitrogen and oxygen atoms in total. The van der Waals surface area contributed by atoms with E-state index < -0.39 is 0 Å². The summed E-state index contributed by atoms with van der Waals surface area (Å²) < 4.78 is 25.6. The van der Waals surface area contributed by atoms with Gasteiger partial charge < -0.3 is 9.47 Å². The molecule has 1 aliphatic heterocycles. The molecule has 0 saturated heterocycles. The lowest BCUT2D eigenvalue weighted by Gasteiger charge is -2.36. The van der Waals surface area contributed by atoms with Crippen molar-refractivity contribution < 1.29 is 13.9 Å². The van der Waals surface area contributed by atoms with Crippen LogP contribution in [0.1, 0.15) is 64.4 Å². The van der Waals surface area contributed by atoms with Crippen molar-refractivity contribution in [3.8, 4) is 11.5 Å². The maximum Gasteiger partial charge on any atom is 0.168 e. The van der Waals surface area contributed by atoms with Gasteiger partial charge in [0.1, 0.15) is 11.9 Å². The smallest absolute Gasteiger partial charge is 0.168 e. The lowest BCUT2D eigenvalue weighted by molar-refractivity contribution is 0.0752. The van der Waals surface area contributed by atoms with Crippen LogP contribution in [0.3, 0.4) is 0 Å². The molecule has 0 N–H and O–H groups in total. The number of fused-ring (bicyclic) bond motifs is 1. The second kappa shape index (κ2) is 7.55. The Morgan fingerprint density at radius 2 is 1.91 bits per heavy atom. The van der Waals surface area contributed by atoms with Crippen LogP contribution < -0.4 is 9.47 Å². The average Bonchev–Trinajstić information content (AvgIpc) is 2.56. The van der Waals surface area contributed by atoms with Crippen molar-refractivity contribution in [1.29, 1.82) is 0 Å². The Balaban J connectivity index is 1.63. The van der Waals surface area contributed by atoms with Crippen LogP contribution in [0.25, 0.3) is 0 Å². The second-order valence-corrected chi connectivity index (χ2v) is 7.09. The fraction of sp³-hybridized carbons (Fsp3) is 0.700. The molecule has 1 aliphatic carbocycles. The van der Waals surface area contributed by atoms with Crippen LogP contribution in [-0.4, -0.2) is 12.7 Å². The summed E-state index contributed by atoms with van der Waals surface area (Å²) >= 11 is 0. The minimum atomic E-state index is -0.307. The van der Waals surface area contributed by atoms with E-state index in [1.165, 1.54) is 44.6 Å². The molecule has 1 atom stereocenters. The third-order valence-corrected chi connectivity index (χ3v) is 5.51. The van der Waals surface area contributed by atoms with Crippen LogP contribution in [0, 0.1) is 17.7 Å². The molecular formula is C20H29FO2. The molecule has 1 saturated carbocycles. The largest absolute Gasteiger partial charge is 0.491 e. The van der Waals surface area contributed by atoms with Crippen LogP contribution in [0.4, 0.5) is 4.39 Å². The van der Waals surface area contributed by atoms with Gasteiger partial charge in [0.05, 0.1) is 6.61 Å². The predicted molar refractivity (Wildman–Crippen MR) is 90.7 cm³/mol. The summed E-state index contributed by atoms with van der Waals surface area (Å²) in [6.45, 7) is 4.64. The molecule has 1 fully saturated rings. The highest BCUT2D eigenvalue weighted by molar-refractivity contribution is 5.43. The summed E-state index contributed by atoms with van der Waals surface area (Å²) in [5.41, 5.74) is 1.09. The normalized spacial score (nSPS) is 27.2. The Morgan fingerprint density at radius 1 is 1.13 bits per heavy atom. The summed E-state index contributed by atoms with van der Waals surface area (Å²) in [5.74, 6) is 2.34. The van der Waals surface area contributed by atoms with Gasteiger partial charge in [-0.3, -0.25) is 0 Å². The molecule has 0 spiro atoms. The van der Waals surface area contributed by atoms with Crippen LogP contribution in [0.2, 0.25) is 0 Å². The molecule has 128 valence electrons. The van der Waals surface area contributed by atoms with Crippen molar-refractivity contribution in [1.82, 2.24) is 0 Å². The Hall–Kier alpha value is -1.25. The van der Waals surface area contributed by atoms with E-state index in [2.05, 4.69) is 6.92 Å². The van der Waals surface area contributed by atoms with E-state index in [9.17, 15) is 4.39 Å². The van der Waals surface area contributed by atoms with Gasteiger partial charge in [0.25, 0.3) is 0 Å². The maximum absolute atomic E-state index is 14.1. The second-order valence-electron chi connectivity index (χ2n) is 7.09. The number of benzene rings is 1. The highest BCUT2D eigenvalue weighted by Crippen LogP contribution is 2.40. The third kappa shape index (κ3) is 3.81. The molecule has 1 aromatic rings. The molecule has 0 amide bonds. The zero-order valence-corrected chi connectivity index (χ0v) is 14.4. The Morgan fingerprint density at radius 3 is 2.61 bits per heavy atom. The van der Waals surface area contributed by atoms with Gasteiger partial charge >= 0.3 is 0 Å². The first-order valence-corrected chi connectivity index (χ1v) is 9.33. The Kier molecular flexibility index (Phi) is 5.45. The van der Waals surface area contributed by atoms with E-state index in [0.717, 1.165) is 30.1 Å². The van der Waals surface area contributed by atoms with E-state index in [4.69, 9.17) is 9.47 Å². The minimum absolute atomic E-state index is 0.266. The van der Waals surface area contributed by atoms with Gasteiger partial charge in [-0.05, 0) is 56.1 Å². The fourth-order valence-corrected chi connectivity index (χ4v) is 4.26. The van der Waals surface area contributed by atoms with Crippen molar-refractivity contribution in [2.24, 2.45) is 11.8 Å². The number of aryl methyl sites for hydroxylation is 1. The summed E-state index contributed by atoms with van der Waals surface area (Å²) in [6, 6.07) is 3.34. The average molecular weight is 320 g/mol. The first-order valence-electron chi connectivity index (χ1n) is 9.33. The molecule has 1 unspecified atom stereocenters. The van der Waals surface area contributed by atoms with Crippen molar-refractivity contribution in [2.45, 2.75) is 71.3 Å². The van der Waals surface area contributed by atoms with E-state index in [-0.39, 0.29) is 11.9 Å². The van der Waals surface area contributed by atoms with E-state index in [1.807, 2.05) is 13.0 Å². The number of hydrogen-bond donors (Lipinski definition) is 0. The summed E-state index contributed by atoms with van der Waals surface area (Å²) in [4.78, 5) is 0. The first kappa shape index (κ1) is 16.6. The fourth-order valence-electron chi connectivity index (χ4n) is 4.26. The molecular weight excluding hydrogens is 291 g/mol. The van der Waals surface area contributed by atoms with Gasteiger partial charge in [0, 0.05) is 6.07 Å². The molecule has 3 rings (SSSR count). The van der Waals surface area contributed by atoms with Crippen LogP contribution in [0.15, 0.2) is 12.1 Å². The van der Waals surface area contributed by atoms with Crippen molar-refractivity contribution in [3.05, 3.63) is 23.5 Å². The van der Waals surface area contributed by atoms with Crippen molar-refractivity contribution in [3.63, 3.8) is 0 Å². The molecule has 0 bridgehead atoms. The van der Waals surface area contributed by atoms with Crippen molar-refractivity contribution in [2.75, 3.05) is 6.61 Å². The maximum atomic E-state index is 14.1. The first-order chi connectivity index (χ1) is 11.2. The minimum Gasteiger partial charge on any atom is -0.491 e. The van der Waals surface area contributed by atoms with E-state index >= 15 is 0 Å². The number of rotatable bonds is 5. The van der Waals surface area contributed by atoms with Crippen LogP contribution in [0.5, 0.6) is 11.5 Å². The van der Waals surface area contributed by atoms with Gasteiger partial charge in [-0.25, -0.2) is 4.39 Å². The third-order valence-electron chi connectivity index (χ3n) is 5.51. The molecule has 1 heterocycles. The standard InChI is InChI=1S/C20H29FO2/c1-3-5-14-6-8-15(9-7-14)18-11-10-16-12-20(22-4-2)17(21)13-19(16)23-18/h12-15,18H,3-11H2,1-2H3. The molecule has 2 aliphatic rings. The molecule has 23 heavy (non-hydrogen) atoms. The van der Waals surface area contributed by atoms with E-state index in [0.29, 0.717) is 18.3 Å². The summed E-state index contributed by atoms with van der Waals surface area (Å²) in [7, 11) is 0. The zero-order valence-electron chi connectivity index (χ0n) is 14.4. The number of hydrogen-bond acceptors (Lipinski definition) is 2. The van der Waals surface area contributed by atoms with Gasteiger partial charge in [0.15, 0.2) is 11.6 Å². The highest BCUT2D eigenvalue weighted by atomic mass is 19.1. The van der Waals surface area contributed by atoms with Gasteiger partial charge in [-0.1, -0.05) is 32.6 Å².